The summed E-state index contributed by atoms with van der Waals surface area (Å²) in [6.45, 7) is 3.93. The molecule has 0 aliphatic rings. The molecule has 130 valence electrons. The maximum Gasteiger partial charge on any atom is 0.260 e. The maximum absolute atomic E-state index is 12.6. The van der Waals surface area contributed by atoms with Gasteiger partial charge in [0.05, 0.1) is 36.7 Å². The van der Waals surface area contributed by atoms with Gasteiger partial charge in [-0.15, -0.1) is 11.3 Å². The normalized spacial score (nSPS) is 11.8. The van der Waals surface area contributed by atoms with Gasteiger partial charge in [-0.05, 0) is 25.5 Å². The third kappa shape index (κ3) is 2.87. The van der Waals surface area contributed by atoms with Crippen LogP contribution in [0.25, 0.3) is 27.7 Å². The van der Waals surface area contributed by atoms with Gasteiger partial charge in [0.15, 0.2) is 11.5 Å². The Morgan fingerprint density at radius 2 is 1.96 bits per heavy atom. The Labute approximate surface area is 148 Å². The summed E-state index contributed by atoms with van der Waals surface area (Å²) in [5, 5.41) is 3.39. The molecule has 0 saturated carbocycles. The molecular weight excluding hydrogens is 338 g/mol. The summed E-state index contributed by atoms with van der Waals surface area (Å²) in [6, 6.07) is 3.46. The molecule has 3 rings (SSSR count). The molecule has 0 bridgehead atoms. The van der Waals surface area contributed by atoms with E-state index in [0.29, 0.717) is 39.3 Å². The number of allylic oxidation sites excluding steroid dienone is 2. The van der Waals surface area contributed by atoms with Crippen LogP contribution >= 0.6 is 11.3 Å². The van der Waals surface area contributed by atoms with Crippen LogP contribution in [-0.4, -0.2) is 24.2 Å². The number of benzene rings is 1. The molecule has 2 heterocycles. The van der Waals surface area contributed by atoms with Crippen LogP contribution in [0.15, 0.2) is 28.4 Å². The van der Waals surface area contributed by atoms with Gasteiger partial charge in [0, 0.05) is 16.8 Å². The molecule has 0 radical (unpaired) electrons. The van der Waals surface area contributed by atoms with Crippen LogP contribution in [0.5, 0.6) is 11.5 Å². The van der Waals surface area contributed by atoms with Crippen molar-refractivity contribution in [3.05, 3.63) is 39.0 Å². The molecule has 1 aromatic carbocycles. The van der Waals surface area contributed by atoms with Gasteiger partial charge in [-0.1, -0.05) is 6.08 Å². The number of pyridine rings is 1. The summed E-state index contributed by atoms with van der Waals surface area (Å²) in [5.74, 6) is 1.07. The van der Waals surface area contributed by atoms with E-state index >= 15 is 0 Å². The number of nitrogen functional groups attached to an aromatic ring is 1. The van der Waals surface area contributed by atoms with Crippen LogP contribution in [0.2, 0.25) is 0 Å². The smallest absolute Gasteiger partial charge is 0.260 e. The first kappa shape index (κ1) is 17.0. The zero-order chi connectivity index (χ0) is 18.1. The molecule has 0 fully saturated rings. The van der Waals surface area contributed by atoms with E-state index < -0.39 is 0 Å². The van der Waals surface area contributed by atoms with Gasteiger partial charge in [-0.2, -0.15) is 0 Å². The zero-order valence-corrected chi connectivity index (χ0v) is 15.3. The molecule has 25 heavy (non-hydrogen) atoms. The number of ether oxygens (including phenoxy) is 2. The first-order valence-corrected chi connectivity index (χ1v) is 8.54. The Morgan fingerprint density at radius 3 is 2.60 bits per heavy atom. The second-order valence-corrected chi connectivity index (χ2v) is 6.36. The number of hydrogen-bond acceptors (Lipinski definition) is 6. The van der Waals surface area contributed by atoms with Gasteiger partial charge < -0.3 is 20.2 Å². The molecule has 0 unspecified atom stereocenters. The van der Waals surface area contributed by atoms with Crippen molar-refractivity contribution in [2.75, 3.05) is 20.0 Å². The summed E-state index contributed by atoms with van der Waals surface area (Å²) in [7, 11) is 3.10. The second-order valence-electron chi connectivity index (χ2n) is 5.51. The average molecular weight is 357 g/mol. The van der Waals surface area contributed by atoms with E-state index in [1.54, 1.807) is 26.4 Å². The number of nitrogens with zero attached hydrogens (tertiary/aromatic N) is 1. The molecule has 3 aromatic rings. The molecule has 0 saturated heterocycles. The van der Waals surface area contributed by atoms with Gasteiger partial charge >= 0.3 is 0 Å². The topological polar surface area (TPSA) is 90.2 Å². The second kappa shape index (κ2) is 6.60. The van der Waals surface area contributed by atoms with E-state index in [0.717, 1.165) is 10.6 Å². The Balaban J connectivity index is 2.26. The first-order chi connectivity index (χ1) is 12.0. The lowest BCUT2D eigenvalue weighted by Crippen LogP contribution is -2.13. The quantitative estimate of drug-likeness (QED) is 0.743. The molecule has 7 heteroatoms. The maximum atomic E-state index is 12.6. The van der Waals surface area contributed by atoms with Crippen LogP contribution in [0, 0.1) is 0 Å². The lowest BCUT2D eigenvalue weighted by atomic mass is 10.1. The van der Waals surface area contributed by atoms with Crippen LogP contribution in [0.4, 0.5) is 5.69 Å². The number of rotatable bonds is 4. The number of hydrogen-bond donors (Lipinski definition) is 2. The third-order valence-electron chi connectivity index (χ3n) is 4.09. The van der Waals surface area contributed by atoms with Crippen molar-refractivity contribution in [1.82, 2.24) is 9.97 Å². The molecule has 6 nitrogen and oxygen atoms in total. The highest BCUT2D eigenvalue weighted by Crippen LogP contribution is 2.36. The van der Waals surface area contributed by atoms with Gasteiger partial charge in [-0.3, -0.25) is 4.79 Å². The van der Waals surface area contributed by atoms with Gasteiger partial charge in [-0.25, -0.2) is 4.98 Å². The predicted octanol–water partition coefficient (Wildman–Crippen LogP) is 3.67. The summed E-state index contributed by atoms with van der Waals surface area (Å²) in [4.78, 5) is 20.0. The molecule has 0 atom stereocenters. The largest absolute Gasteiger partial charge is 0.493 e. The number of nitrogens with two attached hydrogens (primary N) is 1. The first-order valence-electron chi connectivity index (χ1n) is 7.66. The Bertz CT molecular complexity index is 1030. The van der Waals surface area contributed by atoms with Crippen molar-refractivity contribution in [1.29, 1.82) is 0 Å². The zero-order valence-electron chi connectivity index (χ0n) is 14.5. The number of fused-ring (bicyclic) bond motifs is 1. The van der Waals surface area contributed by atoms with E-state index in [2.05, 4.69) is 9.97 Å². The van der Waals surface area contributed by atoms with Crippen LogP contribution < -0.4 is 20.8 Å². The van der Waals surface area contributed by atoms with Crippen LogP contribution in [0.3, 0.4) is 0 Å². The highest BCUT2D eigenvalue weighted by molar-refractivity contribution is 7.11. The van der Waals surface area contributed by atoms with E-state index in [4.69, 9.17) is 15.2 Å². The van der Waals surface area contributed by atoms with Crippen LogP contribution in [-0.2, 0) is 0 Å². The number of H-pyrrole nitrogens is 1. The van der Waals surface area contributed by atoms with Crippen molar-refractivity contribution in [3.8, 4) is 22.8 Å². The fourth-order valence-electron chi connectivity index (χ4n) is 2.59. The molecular formula is C18H19N3O3S. The number of anilines is 1. The lowest BCUT2D eigenvalue weighted by molar-refractivity contribution is 0.356. The van der Waals surface area contributed by atoms with Crippen LogP contribution in [0.1, 0.15) is 18.9 Å². The Morgan fingerprint density at radius 1 is 1.28 bits per heavy atom. The van der Waals surface area contributed by atoms with Crippen molar-refractivity contribution in [2.24, 2.45) is 0 Å². The van der Waals surface area contributed by atoms with Gasteiger partial charge in [0.1, 0.15) is 5.01 Å². The fourth-order valence-corrected chi connectivity index (χ4v) is 3.44. The molecule has 0 aliphatic heterocycles. The third-order valence-corrected chi connectivity index (χ3v) is 5.07. The number of aromatic nitrogens is 2. The Kier molecular flexibility index (Phi) is 4.50. The molecule has 0 spiro atoms. The minimum atomic E-state index is -0.285. The molecule has 0 amide bonds. The van der Waals surface area contributed by atoms with E-state index in [1.807, 2.05) is 25.3 Å². The fraction of sp³-hybridized carbons (Fsp3) is 0.222. The monoisotopic (exact) mass is 357 g/mol. The van der Waals surface area contributed by atoms with Crippen molar-refractivity contribution < 1.29 is 9.47 Å². The molecule has 2 aromatic heterocycles. The van der Waals surface area contributed by atoms with Gasteiger partial charge in [0.2, 0.25) is 0 Å². The molecule has 3 N–H and O–H groups in total. The summed E-state index contributed by atoms with van der Waals surface area (Å²) >= 11 is 1.48. The van der Waals surface area contributed by atoms with E-state index in [-0.39, 0.29) is 5.56 Å². The molecule has 0 aliphatic carbocycles. The Hall–Kier alpha value is -2.80. The summed E-state index contributed by atoms with van der Waals surface area (Å²) in [6.07, 6.45) is 1.98. The number of thiazole rings is 1. The SMILES string of the molecule is C/C=C(\C)c1nc(-c2c(N)c3cc(OC)c(OC)cc3[nH]c2=O)cs1. The number of aromatic amines is 1. The highest BCUT2D eigenvalue weighted by atomic mass is 32.1. The van der Waals surface area contributed by atoms with Crippen molar-refractivity contribution in [2.45, 2.75) is 13.8 Å². The number of methoxy groups -OCH3 is 2. The summed E-state index contributed by atoms with van der Waals surface area (Å²) < 4.78 is 10.6. The number of nitrogens with one attached hydrogen (secondary N) is 1. The standard InChI is InChI=1S/C18H19N3O3S/c1-5-9(2)18-21-12(8-25-18)15-16(19)10-6-13(23-3)14(24-4)7-11(10)20-17(15)22/h5-8H,1-4H3,(H3,19,20,22)/b9-5+. The minimum absolute atomic E-state index is 0.285. The average Bonchev–Trinajstić information content (AvgIpc) is 3.09. The van der Waals surface area contributed by atoms with Crippen molar-refractivity contribution >= 4 is 33.5 Å². The lowest BCUT2D eigenvalue weighted by Gasteiger charge is -2.12. The van der Waals surface area contributed by atoms with E-state index in [9.17, 15) is 4.79 Å². The van der Waals surface area contributed by atoms with Gasteiger partial charge in [0.25, 0.3) is 5.56 Å². The van der Waals surface area contributed by atoms with Crippen molar-refractivity contribution in [3.63, 3.8) is 0 Å². The highest BCUT2D eigenvalue weighted by Gasteiger charge is 2.17. The predicted molar refractivity (Wildman–Crippen MR) is 103 cm³/mol. The summed E-state index contributed by atoms with van der Waals surface area (Å²) in [5.41, 5.74) is 8.98. The van der Waals surface area contributed by atoms with E-state index in [1.165, 1.54) is 11.3 Å². The minimum Gasteiger partial charge on any atom is -0.493 e.